The van der Waals surface area contributed by atoms with Crippen molar-refractivity contribution in [1.29, 1.82) is 0 Å². The second-order valence-corrected chi connectivity index (χ2v) is 7.62. The predicted molar refractivity (Wildman–Crippen MR) is 109 cm³/mol. The summed E-state index contributed by atoms with van der Waals surface area (Å²) < 4.78 is 16.3. The normalized spacial score (nSPS) is 12.0. The highest BCUT2D eigenvalue weighted by molar-refractivity contribution is 7.98. The Morgan fingerprint density at radius 2 is 2.11 bits per heavy atom. The van der Waals surface area contributed by atoms with Crippen LogP contribution in [0, 0.1) is 0 Å². The van der Waals surface area contributed by atoms with E-state index in [4.69, 9.17) is 14.2 Å². The van der Waals surface area contributed by atoms with E-state index in [9.17, 15) is 4.79 Å². The van der Waals surface area contributed by atoms with Crippen LogP contribution in [0.15, 0.2) is 58.3 Å². The third-order valence-corrected chi connectivity index (χ3v) is 5.73. The molecule has 0 saturated carbocycles. The van der Waals surface area contributed by atoms with Crippen molar-refractivity contribution in [2.24, 2.45) is 0 Å². The van der Waals surface area contributed by atoms with Crippen molar-refractivity contribution in [2.75, 3.05) is 19.9 Å². The maximum Gasteiger partial charge on any atom is 0.252 e. The second-order valence-electron chi connectivity index (χ2n) is 5.88. The number of thioether (sulfide) groups is 1. The largest absolute Gasteiger partial charge is 0.492 e. The molecular weight excluding hydrogens is 396 g/mol. The topological polar surface area (TPSA) is 69.7 Å². The molecule has 0 unspecified atom stereocenters. The van der Waals surface area contributed by atoms with Crippen molar-refractivity contribution in [3.05, 3.63) is 64.6 Å². The molecule has 8 heteroatoms. The zero-order valence-electron chi connectivity index (χ0n) is 14.9. The lowest BCUT2D eigenvalue weighted by Crippen LogP contribution is -2.28. The first-order valence-corrected chi connectivity index (χ1v) is 10.6. The fraction of sp³-hybridized carbons (Fsp3) is 0.200. The van der Waals surface area contributed by atoms with Crippen LogP contribution in [0.3, 0.4) is 0 Å². The van der Waals surface area contributed by atoms with Crippen LogP contribution in [0.4, 0.5) is 0 Å². The number of carbonyl (C=O) groups excluding carboxylic acids is 1. The summed E-state index contributed by atoms with van der Waals surface area (Å²) in [5.41, 5.74) is 3.49. The summed E-state index contributed by atoms with van der Waals surface area (Å²) >= 11 is 3.18. The van der Waals surface area contributed by atoms with Gasteiger partial charge in [-0.15, -0.1) is 23.1 Å². The summed E-state index contributed by atoms with van der Waals surface area (Å²) in [6, 6.07) is 13.0. The van der Waals surface area contributed by atoms with Crippen LogP contribution in [-0.2, 0) is 5.75 Å². The van der Waals surface area contributed by atoms with Crippen LogP contribution in [0.2, 0.25) is 0 Å². The molecule has 0 radical (unpaired) electrons. The minimum atomic E-state index is -0.115. The molecule has 0 aliphatic carbocycles. The van der Waals surface area contributed by atoms with Crippen LogP contribution >= 0.6 is 23.1 Å². The summed E-state index contributed by atoms with van der Waals surface area (Å²) in [5.74, 6) is 2.69. The molecule has 2 heterocycles. The minimum Gasteiger partial charge on any atom is -0.492 e. The average Bonchev–Trinajstić information content (AvgIpc) is 3.41. The summed E-state index contributed by atoms with van der Waals surface area (Å²) in [4.78, 5) is 17.8. The Kier molecular flexibility index (Phi) is 5.98. The summed E-state index contributed by atoms with van der Waals surface area (Å²) in [5, 5.41) is 4.93. The molecular formula is C20H18N2O4S2. The molecule has 1 amide bonds. The predicted octanol–water partition coefficient (Wildman–Crippen LogP) is 3.97. The van der Waals surface area contributed by atoms with Crippen molar-refractivity contribution < 1.29 is 19.0 Å². The molecule has 28 heavy (non-hydrogen) atoms. The first-order chi connectivity index (χ1) is 13.8. The lowest BCUT2D eigenvalue weighted by atomic mass is 10.2. The van der Waals surface area contributed by atoms with Crippen molar-refractivity contribution in [3.8, 4) is 17.2 Å². The number of aromatic nitrogens is 1. The number of fused-ring (bicyclic) bond motifs is 1. The van der Waals surface area contributed by atoms with E-state index in [1.54, 1.807) is 29.2 Å². The van der Waals surface area contributed by atoms with Gasteiger partial charge in [0.25, 0.3) is 5.91 Å². The maximum atomic E-state index is 12.6. The van der Waals surface area contributed by atoms with Crippen molar-refractivity contribution in [2.45, 2.75) is 10.6 Å². The lowest BCUT2D eigenvalue weighted by Gasteiger charge is -2.11. The van der Waals surface area contributed by atoms with Crippen molar-refractivity contribution >= 4 is 29.0 Å². The fourth-order valence-corrected chi connectivity index (χ4v) is 4.25. The highest BCUT2D eigenvalue weighted by Crippen LogP contribution is 2.35. The van der Waals surface area contributed by atoms with E-state index in [1.807, 2.05) is 47.3 Å². The van der Waals surface area contributed by atoms with Gasteiger partial charge in [0.2, 0.25) is 6.79 Å². The number of hydrogen-bond donors (Lipinski definition) is 1. The van der Waals surface area contributed by atoms with E-state index >= 15 is 0 Å². The molecule has 2 aromatic carbocycles. The number of hydrogen-bond acceptors (Lipinski definition) is 7. The number of rotatable bonds is 8. The van der Waals surface area contributed by atoms with E-state index in [2.05, 4.69) is 10.3 Å². The molecule has 0 spiro atoms. The monoisotopic (exact) mass is 414 g/mol. The first kappa shape index (κ1) is 18.6. The standard InChI is InChI=1S/C20H18N2O4S2/c23-20(16-3-1-2-4-19(16)28-11-14-10-27-12-22-14)21-7-8-24-15-5-6-17-18(9-15)26-13-25-17/h1-6,9-10,12H,7-8,11,13H2,(H,21,23). The van der Waals surface area contributed by atoms with Gasteiger partial charge in [-0.1, -0.05) is 12.1 Å². The van der Waals surface area contributed by atoms with Gasteiger partial charge in [-0.2, -0.15) is 0 Å². The number of nitrogens with zero attached hydrogens (tertiary/aromatic N) is 1. The molecule has 1 aliphatic heterocycles. The molecule has 1 aromatic heterocycles. The van der Waals surface area contributed by atoms with Gasteiger partial charge in [0, 0.05) is 22.1 Å². The minimum absolute atomic E-state index is 0.115. The maximum absolute atomic E-state index is 12.6. The molecule has 3 aromatic rings. The number of carbonyl (C=O) groups is 1. The molecule has 0 atom stereocenters. The molecule has 6 nitrogen and oxygen atoms in total. The molecule has 4 rings (SSSR count). The van der Waals surface area contributed by atoms with Gasteiger partial charge in [-0.3, -0.25) is 4.79 Å². The summed E-state index contributed by atoms with van der Waals surface area (Å²) in [7, 11) is 0. The molecule has 0 bridgehead atoms. The lowest BCUT2D eigenvalue weighted by molar-refractivity contribution is 0.0944. The van der Waals surface area contributed by atoms with Gasteiger partial charge in [0.1, 0.15) is 12.4 Å². The van der Waals surface area contributed by atoms with E-state index in [0.29, 0.717) is 36.0 Å². The third kappa shape index (κ3) is 4.58. The first-order valence-electron chi connectivity index (χ1n) is 8.69. The Morgan fingerprint density at radius 1 is 1.21 bits per heavy atom. The molecule has 1 N–H and O–H groups in total. The van der Waals surface area contributed by atoms with Gasteiger partial charge in [-0.25, -0.2) is 4.98 Å². The Morgan fingerprint density at radius 3 is 3.00 bits per heavy atom. The van der Waals surface area contributed by atoms with Gasteiger partial charge in [0.15, 0.2) is 11.5 Å². The number of amides is 1. The Bertz CT molecular complexity index is 947. The Balaban J connectivity index is 1.28. The van der Waals surface area contributed by atoms with Crippen LogP contribution in [-0.4, -0.2) is 30.8 Å². The third-order valence-electron chi connectivity index (χ3n) is 3.99. The highest BCUT2D eigenvalue weighted by atomic mass is 32.2. The zero-order valence-corrected chi connectivity index (χ0v) is 16.6. The van der Waals surface area contributed by atoms with Crippen LogP contribution in [0.25, 0.3) is 0 Å². The average molecular weight is 415 g/mol. The zero-order chi connectivity index (χ0) is 19.2. The van der Waals surface area contributed by atoms with Crippen molar-refractivity contribution in [3.63, 3.8) is 0 Å². The number of ether oxygens (including phenoxy) is 3. The van der Waals surface area contributed by atoms with E-state index in [-0.39, 0.29) is 12.7 Å². The number of nitrogens with one attached hydrogen (secondary N) is 1. The van der Waals surface area contributed by atoms with Crippen LogP contribution < -0.4 is 19.5 Å². The van der Waals surface area contributed by atoms with Gasteiger partial charge in [-0.05, 0) is 24.3 Å². The fourth-order valence-electron chi connectivity index (χ4n) is 2.64. The smallest absolute Gasteiger partial charge is 0.252 e. The molecule has 0 saturated heterocycles. The van der Waals surface area contributed by atoms with Crippen molar-refractivity contribution in [1.82, 2.24) is 10.3 Å². The van der Waals surface area contributed by atoms with Gasteiger partial charge in [0.05, 0.1) is 23.3 Å². The Hall–Kier alpha value is -2.71. The summed E-state index contributed by atoms with van der Waals surface area (Å²) in [6.45, 7) is 0.993. The number of thiazole rings is 1. The van der Waals surface area contributed by atoms with Gasteiger partial charge >= 0.3 is 0 Å². The summed E-state index contributed by atoms with van der Waals surface area (Å²) in [6.07, 6.45) is 0. The van der Waals surface area contributed by atoms with E-state index in [1.165, 1.54) is 0 Å². The molecule has 1 aliphatic rings. The van der Waals surface area contributed by atoms with Crippen LogP contribution in [0.5, 0.6) is 17.2 Å². The SMILES string of the molecule is O=C(NCCOc1ccc2c(c1)OCO2)c1ccccc1SCc1cscn1. The van der Waals surface area contributed by atoms with Crippen LogP contribution in [0.1, 0.15) is 16.1 Å². The van der Waals surface area contributed by atoms with E-state index < -0.39 is 0 Å². The quantitative estimate of drug-likeness (QED) is 0.444. The van der Waals surface area contributed by atoms with E-state index in [0.717, 1.165) is 16.3 Å². The molecule has 0 fully saturated rings. The molecule has 144 valence electrons. The van der Waals surface area contributed by atoms with Gasteiger partial charge < -0.3 is 19.5 Å². The highest BCUT2D eigenvalue weighted by Gasteiger charge is 2.14. The number of benzene rings is 2. The Labute approximate surface area is 170 Å². The second kappa shape index (κ2) is 8.99.